The molecule has 0 saturated heterocycles. The highest BCUT2D eigenvalue weighted by Gasteiger charge is 2.32. The Morgan fingerprint density at radius 2 is 1.88 bits per heavy atom. The van der Waals surface area contributed by atoms with Crippen molar-refractivity contribution in [1.29, 1.82) is 0 Å². The van der Waals surface area contributed by atoms with E-state index in [0.717, 1.165) is 5.56 Å². The molecule has 164 valence electrons. The Balaban J connectivity index is 1.50. The first-order valence-corrected chi connectivity index (χ1v) is 10.3. The summed E-state index contributed by atoms with van der Waals surface area (Å²) >= 11 is 0. The number of halogens is 1. The topological polar surface area (TPSA) is 67.9 Å². The lowest BCUT2D eigenvalue weighted by Crippen LogP contribution is -2.44. The zero-order chi connectivity index (χ0) is 22.7. The fourth-order valence-electron chi connectivity index (χ4n) is 3.43. The lowest BCUT2D eigenvalue weighted by molar-refractivity contribution is -0.125. The van der Waals surface area contributed by atoms with Gasteiger partial charge in [0.25, 0.3) is 11.8 Å². The Morgan fingerprint density at radius 1 is 1.12 bits per heavy atom. The van der Waals surface area contributed by atoms with Gasteiger partial charge in [0.2, 0.25) is 0 Å². The van der Waals surface area contributed by atoms with E-state index in [4.69, 9.17) is 9.47 Å². The molecule has 3 aromatic carbocycles. The van der Waals surface area contributed by atoms with Gasteiger partial charge in [0.05, 0.1) is 12.2 Å². The first kappa shape index (κ1) is 21.4. The number of benzene rings is 3. The largest absolute Gasteiger partial charge is 0.484 e. The number of nitrogens with zero attached hydrogens (tertiary/aromatic N) is 1. The summed E-state index contributed by atoms with van der Waals surface area (Å²) in [4.78, 5) is 26.6. The van der Waals surface area contributed by atoms with Crippen LogP contribution in [0.4, 0.5) is 15.8 Å². The zero-order valence-corrected chi connectivity index (χ0v) is 17.8. The Bertz CT molecular complexity index is 1150. The van der Waals surface area contributed by atoms with E-state index in [-0.39, 0.29) is 25.0 Å². The number of carbonyl (C=O) groups excluding carboxylic acids is 2. The van der Waals surface area contributed by atoms with Gasteiger partial charge in [0, 0.05) is 11.3 Å². The van der Waals surface area contributed by atoms with Crippen LogP contribution in [0.5, 0.6) is 11.5 Å². The van der Waals surface area contributed by atoms with Gasteiger partial charge >= 0.3 is 0 Å². The quantitative estimate of drug-likeness (QED) is 0.622. The van der Waals surface area contributed by atoms with Gasteiger partial charge in [-0.2, -0.15) is 0 Å². The molecule has 0 fully saturated rings. The minimum Gasteiger partial charge on any atom is -0.484 e. The third-order valence-electron chi connectivity index (χ3n) is 5.13. The number of aryl methyl sites for hydroxylation is 1. The SMILES string of the molecule is Cc1ccc(OCC(=O)Nc2ccc3c(c2)N(Cc2ccccc2F)C(=O)C(C)O3)cc1. The van der Waals surface area contributed by atoms with Crippen molar-refractivity contribution in [3.05, 3.63) is 83.7 Å². The van der Waals surface area contributed by atoms with E-state index < -0.39 is 11.9 Å². The molecule has 0 spiro atoms. The first-order chi connectivity index (χ1) is 15.4. The van der Waals surface area contributed by atoms with Crippen LogP contribution in [0.3, 0.4) is 0 Å². The molecule has 1 aliphatic heterocycles. The average Bonchev–Trinajstić information content (AvgIpc) is 2.78. The third-order valence-corrected chi connectivity index (χ3v) is 5.13. The molecule has 7 heteroatoms. The van der Waals surface area contributed by atoms with E-state index >= 15 is 0 Å². The maximum Gasteiger partial charge on any atom is 0.268 e. The summed E-state index contributed by atoms with van der Waals surface area (Å²) < 4.78 is 25.4. The molecule has 0 saturated carbocycles. The number of ether oxygens (including phenoxy) is 2. The molecule has 4 rings (SSSR count). The monoisotopic (exact) mass is 434 g/mol. The number of amides is 2. The van der Waals surface area contributed by atoms with Crippen molar-refractivity contribution in [2.75, 3.05) is 16.8 Å². The van der Waals surface area contributed by atoms with E-state index in [2.05, 4.69) is 5.32 Å². The van der Waals surface area contributed by atoms with Crippen LogP contribution in [0.25, 0.3) is 0 Å². The fourth-order valence-corrected chi connectivity index (χ4v) is 3.43. The van der Waals surface area contributed by atoms with Crippen LogP contribution in [0.1, 0.15) is 18.1 Å². The summed E-state index contributed by atoms with van der Waals surface area (Å²) in [6.45, 7) is 3.51. The molecule has 2 amide bonds. The molecule has 0 aliphatic carbocycles. The third kappa shape index (κ3) is 4.72. The van der Waals surface area contributed by atoms with Crippen molar-refractivity contribution >= 4 is 23.2 Å². The Kier molecular flexibility index (Phi) is 6.07. The van der Waals surface area contributed by atoms with Gasteiger partial charge in [-0.3, -0.25) is 9.59 Å². The maximum atomic E-state index is 14.2. The summed E-state index contributed by atoms with van der Waals surface area (Å²) in [7, 11) is 0. The van der Waals surface area contributed by atoms with Gasteiger partial charge in [-0.1, -0.05) is 35.9 Å². The standard InChI is InChI=1S/C25H23FN2O4/c1-16-7-10-20(11-8-16)31-15-24(29)27-19-9-12-23-22(13-19)28(25(30)17(2)32-23)14-18-5-3-4-6-21(18)26/h3-13,17H,14-15H2,1-2H3,(H,27,29). The van der Waals surface area contributed by atoms with Gasteiger partial charge in [0.1, 0.15) is 17.3 Å². The number of anilines is 2. The molecule has 3 aromatic rings. The van der Waals surface area contributed by atoms with Gasteiger partial charge in [0.15, 0.2) is 12.7 Å². The van der Waals surface area contributed by atoms with Gasteiger partial charge in [-0.05, 0) is 50.2 Å². The first-order valence-electron chi connectivity index (χ1n) is 10.3. The van der Waals surface area contributed by atoms with Crippen molar-refractivity contribution < 1.29 is 23.5 Å². The lowest BCUT2D eigenvalue weighted by atomic mass is 10.1. The summed E-state index contributed by atoms with van der Waals surface area (Å²) in [6, 6.07) is 18.7. The molecular formula is C25H23FN2O4. The molecule has 6 nitrogen and oxygen atoms in total. The number of fused-ring (bicyclic) bond motifs is 1. The molecule has 32 heavy (non-hydrogen) atoms. The lowest BCUT2D eigenvalue weighted by Gasteiger charge is -2.33. The summed E-state index contributed by atoms with van der Waals surface area (Å²) in [5, 5.41) is 2.76. The second kappa shape index (κ2) is 9.09. The van der Waals surface area contributed by atoms with Crippen molar-refractivity contribution in [2.45, 2.75) is 26.5 Å². The molecule has 1 unspecified atom stereocenters. The smallest absolute Gasteiger partial charge is 0.268 e. The van der Waals surface area contributed by atoms with E-state index in [0.29, 0.717) is 28.4 Å². The minimum absolute atomic E-state index is 0.0557. The second-order valence-electron chi connectivity index (χ2n) is 7.61. The van der Waals surface area contributed by atoms with E-state index in [1.54, 1.807) is 55.5 Å². The highest BCUT2D eigenvalue weighted by atomic mass is 19.1. The normalized spacial score (nSPS) is 15.0. The van der Waals surface area contributed by atoms with E-state index in [1.807, 2.05) is 19.1 Å². The molecule has 1 aliphatic rings. The van der Waals surface area contributed by atoms with Crippen LogP contribution in [0.15, 0.2) is 66.7 Å². The molecule has 0 radical (unpaired) electrons. The van der Waals surface area contributed by atoms with Crippen molar-refractivity contribution in [1.82, 2.24) is 0 Å². The molecule has 1 N–H and O–H groups in total. The van der Waals surface area contributed by atoms with E-state index in [9.17, 15) is 14.0 Å². The summed E-state index contributed by atoms with van der Waals surface area (Å²) in [5.41, 5.74) is 2.43. The van der Waals surface area contributed by atoms with Crippen LogP contribution in [-0.2, 0) is 16.1 Å². The molecule has 1 heterocycles. The molecule has 0 aromatic heterocycles. The molecule has 0 bridgehead atoms. The molecular weight excluding hydrogens is 411 g/mol. The van der Waals surface area contributed by atoms with Crippen LogP contribution in [-0.4, -0.2) is 24.5 Å². The second-order valence-corrected chi connectivity index (χ2v) is 7.61. The predicted octanol–water partition coefficient (Wildman–Crippen LogP) is 4.47. The van der Waals surface area contributed by atoms with Crippen molar-refractivity contribution in [2.24, 2.45) is 0 Å². The molecule has 1 atom stereocenters. The Hall–Kier alpha value is -3.87. The number of hydrogen-bond acceptors (Lipinski definition) is 4. The van der Waals surface area contributed by atoms with Gasteiger partial charge < -0.3 is 19.7 Å². The Labute approximate surface area is 185 Å². The maximum absolute atomic E-state index is 14.2. The number of hydrogen-bond donors (Lipinski definition) is 1. The number of rotatable bonds is 6. The number of nitrogens with one attached hydrogen (secondary N) is 1. The van der Waals surface area contributed by atoms with E-state index in [1.165, 1.54) is 11.0 Å². The van der Waals surface area contributed by atoms with Crippen molar-refractivity contribution in [3.8, 4) is 11.5 Å². The highest BCUT2D eigenvalue weighted by Crippen LogP contribution is 2.37. The van der Waals surface area contributed by atoms with Crippen molar-refractivity contribution in [3.63, 3.8) is 0 Å². The Morgan fingerprint density at radius 3 is 2.62 bits per heavy atom. The van der Waals surface area contributed by atoms with Gasteiger partial charge in [-0.15, -0.1) is 0 Å². The zero-order valence-electron chi connectivity index (χ0n) is 17.8. The van der Waals surface area contributed by atoms with Crippen LogP contribution >= 0.6 is 0 Å². The summed E-state index contributed by atoms with van der Waals surface area (Å²) in [6.07, 6.45) is -0.697. The van der Waals surface area contributed by atoms with Gasteiger partial charge in [-0.25, -0.2) is 4.39 Å². The minimum atomic E-state index is -0.697. The van der Waals surface area contributed by atoms with Crippen LogP contribution in [0.2, 0.25) is 0 Å². The average molecular weight is 434 g/mol. The highest BCUT2D eigenvalue weighted by molar-refractivity contribution is 6.01. The van der Waals surface area contributed by atoms with Crippen LogP contribution in [0, 0.1) is 12.7 Å². The summed E-state index contributed by atoms with van der Waals surface area (Å²) in [5.74, 6) is 0.0656. The number of carbonyl (C=O) groups is 2. The van der Waals surface area contributed by atoms with Crippen LogP contribution < -0.4 is 19.7 Å². The fraction of sp³-hybridized carbons (Fsp3) is 0.200. The predicted molar refractivity (Wildman–Crippen MR) is 119 cm³/mol.